The third-order valence-corrected chi connectivity index (χ3v) is 3.85. The summed E-state index contributed by atoms with van der Waals surface area (Å²) in [4.78, 5) is 8.80. The summed E-state index contributed by atoms with van der Waals surface area (Å²) in [6, 6.07) is 7.83. The molecule has 9 heteroatoms. The lowest BCUT2D eigenvalue weighted by Crippen LogP contribution is -2.38. The van der Waals surface area contributed by atoms with Crippen LogP contribution in [0, 0.1) is 0 Å². The molecule has 0 fully saturated rings. The van der Waals surface area contributed by atoms with E-state index in [1.54, 1.807) is 0 Å². The second kappa shape index (κ2) is 12.9. The fourth-order valence-electron chi connectivity index (χ4n) is 2.29. The van der Waals surface area contributed by atoms with Crippen LogP contribution in [-0.4, -0.2) is 35.8 Å². The molecule has 2 N–H and O–H groups in total. The zero-order valence-corrected chi connectivity index (χ0v) is 19.0. The molecule has 0 bridgehead atoms. The van der Waals surface area contributed by atoms with Crippen molar-refractivity contribution < 1.29 is 9.26 Å². The first-order valence-corrected chi connectivity index (χ1v) is 9.20. The number of guanidine groups is 1. The van der Waals surface area contributed by atoms with Gasteiger partial charge in [0.25, 0.3) is 0 Å². The van der Waals surface area contributed by atoms with Crippen molar-refractivity contribution in [2.24, 2.45) is 4.99 Å². The smallest absolute Gasteiger partial charge is 0.248 e. The minimum atomic E-state index is -0.188. The van der Waals surface area contributed by atoms with Gasteiger partial charge < -0.3 is 19.9 Å². The SMILES string of the molecule is CCNC(=NCc1nc(C(C)OCC)no1)NCCc1ccc(Cl)cc1.I. The Hall–Kier alpha value is -1.39. The lowest BCUT2D eigenvalue weighted by molar-refractivity contribution is 0.0683. The Bertz CT molecular complexity index is 693. The van der Waals surface area contributed by atoms with Crippen molar-refractivity contribution in [2.45, 2.75) is 39.8 Å². The highest BCUT2D eigenvalue weighted by Gasteiger charge is 2.13. The Morgan fingerprint density at radius 1 is 1.26 bits per heavy atom. The number of aromatic nitrogens is 2. The van der Waals surface area contributed by atoms with Crippen molar-refractivity contribution in [3.63, 3.8) is 0 Å². The third kappa shape index (κ3) is 8.44. The van der Waals surface area contributed by atoms with Crippen LogP contribution in [0.5, 0.6) is 0 Å². The third-order valence-electron chi connectivity index (χ3n) is 3.60. The predicted molar refractivity (Wildman–Crippen MR) is 118 cm³/mol. The van der Waals surface area contributed by atoms with Crippen LogP contribution in [0.15, 0.2) is 33.8 Å². The maximum absolute atomic E-state index is 5.90. The van der Waals surface area contributed by atoms with Crippen LogP contribution in [0.2, 0.25) is 5.02 Å². The number of rotatable bonds is 9. The normalized spacial score (nSPS) is 12.4. The van der Waals surface area contributed by atoms with Gasteiger partial charge in [-0.2, -0.15) is 4.98 Å². The largest absolute Gasteiger partial charge is 0.371 e. The van der Waals surface area contributed by atoms with Gasteiger partial charge in [0.15, 0.2) is 11.8 Å². The first kappa shape index (κ1) is 23.6. The number of ether oxygens (including phenoxy) is 1. The monoisotopic (exact) mass is 507 g/mol. The molecule has 1 atom stereocenters. The second-order valence-electron chi connectivity index (χ2n) is 5.64. The van der Waals surface area contributed by atoms with Gasteiger partial charge in [0.05, 0.1) is 0 Å². The second-order valence-corrected chi connectivity index (χ2v) is 6.08. The summed E-state index contributed by atoms with van der Waals surface area (Å²) < 4.78 is 10.7. The van der Waals surface area contributed by atoms with Crippen molar-refractivity contribution in [1.82, 2.24) is 20.8 Å². The van der Waals surface area contributed by atoms with Gasteiger partial charge in [-0.25, -0.2) is 4.99 Å². The van der Waals surface area contributed by atoms with Crippen LogP contribution in [-0.2, 0) is 17.7 Å². The number of benzene rings is 1. The fourth-order valence-corrected chi connectivity index (χ4v) is 2.41. The molecule has 0 spiro atoms. The van der Waals surface area contributed by atoms with E-state index in [1.165, 1.54) is 5.56 Å². The Morgan fingerprint density at radius 2 is 2.00 bits per heavy atom. The van der Waals surface area contributed by atoms with E-state index in [0.29, 0.717) is 30.8 Å². The van der Waals surface area contributed by atoms with Crippen molar-refractivity contribution in [1.29, 1.82) is 0 Å². The minimum absolute atomic E-state index is 0. The molecule has 0 aliphatic carbocycles. The highest BCUT2D eigenvalue weighted by molar-refractivity contribution is 14.0. The molecular weight excluding hydrogens is 481 g/mol. The summed E-state index contributed by atoms with van der Waals surface area (Å²) in [5, 5.41) is 11.2. The van der Waals surface area contributed by atoms with Crippen LogP contribution in [0.3, 0.4) is 0 Å². The fraction of sp³-hybridized carbons (Fsp3) is 0.500. The van der Waals surface area contributed by atoms with Crippen molar-refractivity contribution >= 4 is 41.5 Å². The van der Waals surface area contributed by atoms with Gasteiger partial charge in [0, 0.05) is 24.7 Å². The maximum Gasteiger partial charge on any atom is 0.248 e. The van der Waals surface area contributed by atoms with E-state index in [1.807, 2.05) is 45.0 Å². The predicted octanol–water partition coefficient (Wildman–Crippen LogP) is 3.74. The molecule has 1 aromatic carbocycles. The number of nitrogens with one attached hydrogen (secondary N) is 2. The summed E-state index contributed by atoms with van der Waals surface area (Å²) in [5.41, 5.74) is 1.21. The zero-order valence-electron chi connectivity index (χ0n) is 15.9. The molecule has 1 heterocycles. The highest BCUT2D eigenvalue weighted by Crippen LogP contribution is 2.13. The van der Waals surface area contributed by atoms with Gasteiger partial charge in [0.2, 0.25) is 5.89 Å². The van der Waals surface area contributed by atoms with Gasteiger partial charge >= 0.3 is 0 Å². The number of hydrogen-bond donors (Lipinski definition) is 2. The van der Waals surface area contributed by atoms with E-state index < -0.39 is 0 Å². The Labute approximate surface area is 182 Å². The number of aliphatic imine (C=N–C) groups is 1. The topological polar surface area (TPSA) is 84.6 Å². The lowest BCUT2D eigenvalue weighted by Gasteiger charge is -2.10. The zero-order chi connectivity index (χ0) is 18.8. The van der Waals surface area contributed by atoms with Crippen LogP contribution >= 0.6 is 35.6 Å². The molecule has 1 aromatic heterocycles. The molecule has 2 rings (SSSR count). The molecule has 7 nitrogen and oxygen atoms in total. The van der Waals surface area contributed by atoms with Gasteiger partial charge in [-0.3, -0.25) is 0 Å². The summed E-state index contributed by atoms with van der Waals surface area (Å²) in [7, 11) is 0. The molecule has 0 radical (unpaired) electrons. The molecule has 0 saturated heterocycles. The van der Waals surface area contributed by atoms with Crippen LogP contribution < -0.4 is 10.6 Å². The summed E-state index contributed by atoms with van der Waals surface area (Å²) in [5.74, 6) is 1.71. The van der Waals surface area contributed by atoms with Crippen LogP contribution in [0.25, 0.3) is 0 Å². The molecule has 150 valence electrons. The maximum atomic E-state index is 5.90. The van der Waals surface area contributed by atoms with Crippen molar-refractivity contribution in [3.05, 3.63) is 46.6 Å². The molecule has 0 saturated carbocycles. The van der Waals surface area contributed by atoms with Crippen molar-refractivity contribution in [3.8, 4) is 0 Å². The number of hydrogen-bond acceptors (Lipinski definition) is 5. The van der Waals surface area contributed by atoms with Crippen LogP contribution in [0.4, 0.5) is 0 Å². The van der Waals surface area contributed by atoms with Crippen molar-refractivity contribution in [2.75, 3.05) is 19.7 Å². The summed E-state index contributed by atoms with van der Waals surface area (Å²) in [6.45, 7) is 8.27. The van der Waals surface area contributed by atoms with E-state index in [4.69, 9.17) is 20.9 Å². The van der Waals surface area contributed by atoms with Gasteiger partial charge in [0.1, 0.15) is 12.6 Å². The summed E-state index contributed by atoms with van der Waals surface area (Å²) in [6.07, 6.45) is 0.685. The van der Waals surface area contributed by atoms with Gasteiger partial charge in [-0.05, 0) is 44.9 Å². The highest BCUT2D eigenvalue weighted by atomic mass is 127. The average molecular weight is 508 g/mol. The molecule has 0 aliphatic heterocycles. The van der Waals surface area contributed by atoms with E-state index in [-0.39, 0.29) is 30.1 Å². The Balaban J connectivity index is 0.00000364. The first-order valence-electron chi connectivity index (χ1n) is 8.83. The molecule has 0 amide bonds. The standard InChI is InChI=1S/C18H26ClN5O2.HI/c1-4-20-18(21-11-10-14-6-8-15(19)9-7-14)22-12-16-23-17(24-26-16)13(3)25-5-2;/h6-9,13H,4-5,10-12H2,1-3H3,(H2,20,21,22);1H. The van der Waals surface area contributed by atoms with E-state index >= 15 is 0 Å². The van der Waals surface area contributed by atoms with E-state index in [9.17, 15) is 0 Å². The van der Waals surface area contributed by atoms with Gasteiger partial charge in [-0.1, -0.05) is 28.9 Å². The molecule has 0 aliphatic rings. The molecular formula is C18H27ClIN5O2. The molecule has 27 heavy (non-hydrogen) atoms. The summed E-state index contributed by atoms with van der Waals surface area (Å²) >= 11 is 5.90. The number of halogens is 2. The lowest BCUT2D eigenvalue weighted by atomic mass is 10.1. The minimum Gasteiger partial charge on any atom is -0.371 e. The average Bonchev–Trinajstić information content (AvgIpc) is 3.11. The quantitative estimate of drug-likeness (QED) is 0.306. The molecule has 1 unspecified atom stereocenters. The first-order chi connectivity index (χ1) is 12.6. The molecule has 2 aromatic rings. The number of nitrogens with zero attached hydrogens (tertiary/aromatic N) is 3. The van der Waals surface area contributed by atoms with E-state index in [0.717, 1.165) is 24.5 Å². The van der Waals surface area contributed by atoms with Gasteiger partial charge in [-0.15, -0.1) is 24.0 Å². The van der Waals surface area contributed by atoms with Crippen LogP contribution in [0.1, 0.15) is 44.2 Å². The Morgan fingerprint density at radius 3 is 2.67 bits per heavy atom. The van der Waals surface area contributed by atoms with E-state index in [2.05, 4.69) is 25.8 Å². The Kier molecular flexibility index (Phi) is 11.3.